The van der Waals surface area contributed by atoms with Gasteiger partial charge in [-0.1, -0.05) is 28.3 Å². The molecule has 164 valence electrons. The minimum atomic E-state index is -1.48. The number of fused-ring (bicyclic) bond motifs is 1. The second-order valence-electron chi connectivity index (χ2n) is 6.66. The van der Waals surface area contributed by atoms with Crippen molar-refractivity contribution < 1.29 is 24.0 Å². The van der Waals surface area contributed by atoms with E-state index in [-0.39, 0.29) is 11.4 Å². The Labute approximate surface area is 192 Å². The lowest BCUT2D eigenvalue weighted by Gasteiger charge is -2.49. The van der Waals surface area contributed by atoms with E-state index < -0.39 is 40.4 Å². The Hall–Kier alpha value is -2.00. The Morgan fingerprint density at radius 1 is 1.52 bits per heavy atom. The number of thioether (sulfide) groups is 2. The number of β-lactam (4-membered cyclic amide) rings is 1. The number of hydrogen-bond donors (Lipinski definition) is 3. The van der Waals surface area contributed by atoms with Gasteiger partial charge in [0.05, 0.1) is 5.69 Å². The van der Waals surface area contributed by atoms with Crippen LogP contribution in [-0.4, -0.2) is 76.4 Å². The number of nitrogens with zero attached hydrogens (tertiary/aromatic N) is 3. The van der Waals surface area contributed by atoms with E-state index in [1.807, 2.05) is 6.92 Å². The van der Waals surface area contributed by atoms with Crippen molar-refractivity contribution in [2.45, 2.75) is 27.6 Å². The molecule has 3 atom stereocenters. The first-order chi connectivity index (χ1) is 14.9. The number of aryl methyl sites for hydroxylation is 1. The number of aromatic amines is 1. The maximum atomic E-state index is 12.7. The average molecular weight is 500 g/mol. The van der Waals surface area contributed by atoms with Crippen LogP contribution in [0.2, 0.25) is 0 Å². The summed E-state index contributed by atoms with van der Waals surface area (Å²) in [7, 11) is 0. The Morgan fingerprint density at radius 3 is 2.97 bits per heavy atom. The molecule has 1 fully saturated rings. The summed E-state index contributed by atoms with van der Waals surface area (Å²) in [6, 6.07) is 2.60. The lowest BCUT2D eigenvalue weighted by molar-refractivity contribution is -0.150. The summed E-state index contributed by atoms with van der Waals surface area (Å²) in [5.41, 5.74) is 1.35. The third-order valence-electron chi connectivity index (χ3n) is 4.61. The highest BCUT2D eigenvalue weighted by Gasteiger charge is 2.54. The zero-order valence-corrected chi connectivity index (χ0v) is 19.3. The molecule has 4 heterocycles. The lowest BCUT2D eigenvalue weighted by atomic mass is 10.0. The van der Waals surface area contributed by atoms with Crippen LogP contribution in [0, 0.1) is 6.92 Å². The highest BCUT2D eigenvalue weighted by molar-refractivity contribution is 8.01. The standard InChI is InChI=1S/C17H17N5O5S4/c1-8-14(20-21-19-8)29-5-9-6-30-16-12(15(24)22(16)13(9)17(25)26)18-10(23)7-31(27)11-3-2-4-28-11/h2-4,12,16H,5-7H2,1H3,(H,18,23)(H,25,26)(H,19,20,21)/t12?,16-,31?/m1/s1. The molecule has 0 radical (unpaired) electrons. The molecule has 0 saturated carbocycles. The molecule has 0 spiro atoms. The van der Waals surface area contributed by atoms with Crippen LogP contribution in [0.4, 0.5) is 0 Å². The first-order valence-corrected chi connectivity index (χ1v) is 13.2. The van der Waals surface area contributed by atoms with Crippen molar-refractivity contribution in [1.29, 1.82) is 0 Å². The maximum Gasteiger partial charge on any atom is 0.352 e. The summed E-state index contributed by atoms with van der Waals surface area (Å²) in [6.45, 7) is 1.82. The van der Waals surface area contributed by atoms with Crippen molar-refractivity contribution in [1.82, 2.24) is 25.6 Å². The Morgan fingerprint density at radius 2 is 2.32 bits per heavy atom. The number of amides is 2. The van der Waals surface area contributed by atoms with Crippen LogP contribution < -0.4 is 5.32 Å². The molecule has 0 aliphatic carbocycles. The lowest BCUT2D eigenvalue weighted by Crippen LogP contribution is -2.70. The van der Waals surface area contributed by atoms with Gasteiger partial charge in [-0.3, -0.25) is 19.6 Å². The largest absolute Gasteiger partial charge is 0.610 e. The number of carbonyl (C=O) groups excluding carboxylic acids is 2. The molecule has 4 rings (SSSR count). The van der Waals surface area contributed by atoms with Gasteiger partial charge in [0, 0.05) is 28.7 Å². The normalized spacial score (nSPS) is 21.5. The third kappa shape index (κ3) is 4.48. The quantitative estimate of drug-likeness (QED) is 0.272. The van der Waals surface area contributed by atoms with E-state index in [1.54, 1.807) is 17.5 Å². The van der Waals surface area contributed by atoms with E-state index in [2.05, 4.69) is 20.7 Å². The van der Waals surface area contributed by atoms with Crippen molar-refractivity contribution in [3.8, 4) is 0 Å². The van der Waals surface area contributed by atoms with Gasteiger partial charge in [-0.25, -0.2) is 4.79 Å². The van der Waals surface area contributed by atoms with Gasteiger partial charge < -0.3 is 15.0 Å². The number of rotatable bonds is 8. The van der Waals surface area contributed by atoms with Crippen LogP contribution in [-0.2, 0) is 25.6 Å². The molecular weight excluding hydrogens is 482 g/mol. The molecule has 2 aromatic rings. The van der Waals surface area contributed by atoms with Crippen LogP contribution in [0.15, 0.2) is 38.0 Å². The first-order valence-electron chi connectivity index (χ1n) is 8.98. The second-order valence-corrected chi connectivity index (χ2v) is 11.4. The van der Waals surface area contributed by atoms with Crippen molar-refractivity contribution >= 4 is 63.8 Å². The van der Waals surface area contributed by atoms with Crippen LogP contribution in [0.1, 0.15) is 5.69 Å². The number of carbonyl (C=O) groups is 3. The monoisotopic (exact) mass is 499 g/mol. The molecule has 0 aromatic carbocycles. The fourth-order valence-electron chi connectivity index (χ4n) is 3.15. The van der Waals surface area contributed by atoms with Gasteiger partial charge in [0.15, 0.2) is 5.75 Å². The number of carboxylic acid groups (broad SMARTS) is 1. The molecule has 31 heavy (non-hydrogen) atoms. The Balaban J connectivity index is 1.41. The van der Waals surface area contributed by atoms with Crippen LogP contribution >= 0.6 is 34.9 Å². The van der Waals surface area contributed by atoms with E-state index in [1.165, 1.54) is 39.8 Å². The first kappa shape index (κ1) is 22.2. The minimum absolute atomic E-state index is 0.0462. The molecular formula is C17H17N5O5S4. The predicted octanol–water partition coefficient (Wildman–Crippen LogP) is 0.813. The minimum Gasteiger partial charge on any atom is -0.610 e. The summed E-state index contributed by atoms with van der Waals surface area (Å²) in [5.74, 6) is -1.65. The predicted molar refractivity (Wildman–Crippen MR) is 117 cm³/mol. The van der Waals surface area contributed by atoms with Gasteiger partial charge >= 0.3 is 5.97 Å². The highest BCUT2D eigenvalue weighted by atomic mass is 32.2. The van der Waals surface area contributed by atoms with E-state index in [9.17, 15) is 24.0 Å². The molecule has 2 unspecified atom stereocenters. The van der Waals surface area contributed by atoms with Crippen molar-refractivity contribution in [2.24, 2.45) is 0 Å². The summed E-state index contributed by atoms with van der Waals surface area (Å²) in [4.78, 5) is 38.1. The highest BCUT2D eigenvalue weighted by Crippen LogP contribution is 2.41. The molecule has 2 aromatic heterocycles. The van der Waals surface area contributed by atoms with E-state index in [4.69, 9.17) is 0 Å². The molecule has 2 aliphatic heterocycles. The van der Waals surface area contributed by atoms with E-state index in [0.717, 1.165) is 5.69 Å². The summed E-state index contributed by atoms with van der Waals surface area (Å²) < 4.78 is 12.8. The second kappa shape index (κ2) is 9.24. The van der Waals surface area contributed by atoms with Gasteiger partial charge in [0.2, 0.25) is 4.21 Å². The molecule has 2 aliphatic rings. The Bertz CT molecular complexity index is 1040. The molecule has 14 heteroatoms. The summed E-state index contributed by atoms with van der Waals surface area (Å²) >= 11 is 2.55. The number of hydrogen-bond acceptors (Lipinski definition) is 9. The average Bonchev–Trinajstić information content (AvgIpc) is 3.41. The summed E-state index contributed by atoms with van der Waals surface area (Å²) in [5, 5.41) is 24.7. The fourth-order valence-corrected chi connectivity index (χ4v) is 7.45. The molecule has 3 N–H and O–H groups in total. The summed E-state index contributed by atoms with van der Waals surface area (Å²) in [6.07, 6.45) is 0. The maximum absolute atomic E-state index is 12.7. The number of aromatic nitrogens is 3. The van der Waals surface area contributed by atoms with Crippen molar-refractivity contribution in [3.05, 3.63) is 34.5 Å². The van der Waals surface area contributed by atoms with Gasteiger partial charge in [-0.2, -0.15) is 0 Å². The van der Waals surface area contributed by atoms with Gasteiger partial charge in [-0.05, 0) is 23.9 Å². The van der Waals surface area contributed by atoms with Crippen LogP contribution in [0.25, 0.3) is 0 Å². The van der Waals surface area contributed by atoms with Crippen LogP contribution in [0.3, 0.4) is 0 Å². The molecule has 1 saturated heterocycles. The number of H-pyrrole nitrogens is 1. The zero-order chi connectivity index (χ0) is 22.1. The van der Waals surface area contributed by atoms with E-state index >= 15 is 0 Å². The number of carboxylic acids is 1. The molecule has 10 nitrogen and oxygen atoms in total. The van der Waals surface area contributed by atoms with Gasteiger partial charge in [-0.15, -0.1) is 16.9 Å². The molecule has 0 bridgehead atoms. The SMILES string of the molecule is Cc1[nH]nnc1SCC1=C(C(=O)O)N2C(=O)C(NC(=O)C[S+]([O-])c3cccs3)[C@H]2SC1. The van der Waals surface area contributed by atoms with Crippen LogP contribution in [0.5, 0.6) is 0 Å². The van der Waals surface area contributed by atoms with Crippen molar-refractivity contribution in [2.75, 3.05) is 17.3 Å². The fraction of sp³-hybridized carbons (Fsp3) is 0.353. The number of nitrogens with one attached hydrogen (secondary N) is 2. The van der Waals surface area contributed by atoms with Crippen molar-refractivity contribution in [3.63, 3.8) is 0 Å². The number of thiophene rings is 1. The van der Waals surface area contributed by atoms with Gasteiger partial charge in [0.1, 0.15) is 22.1 Å². The number of aliphatic carboxylic acids is 1. The third-order valence-corrected chi connectivity index (χ3v) is 9.72. The van der Waals surface area contributed by atoms with Gasteiger partial charge in [0.25, 0.3) is 11.8 Å². The smallest absolute Gasteiger partial charge is 0.352 e. The Kier molecular flexibility index (Phi) is 6.62. The molecule has 2 amide bonds. The zero-order valence-electron chi connectivity index (χ0n) is 16.1. The topological polar surface area (TPSA) is 151 Å². The van der Waals surface area contributed by atoms with E-state index in [0.29, 0.717) is 26.3 Å².